The first-order chi connectivity index (χ1) is 27.3. The van der Waals surface area contributed by atoms with E-state index in [1.54, 1.807) is 0 Å². The summed E-state index contributed by atoms with van der Waals surface area (Å²) in [5.74, 6) is 1.93. The van der Waals surface area contributed by atoms with Gasteiger partial charge in [-0.3, -0.25) is 0 Å². The maximum atomic E-state index is 5.36. The van der Waals surface area contributed by atoms with Gasteiger partial charge in [0.2, 0.25) is 0 Å². The molecule has 3 aromatic heterocycles. The molecule has 0 atom stereocenters. The molecule has 5 heteroatoms. The van der Waals surface area contributed by atoms with Gasteiger partial charge in [-0.2, -0.15) is 5.10 Å². The minimum Gasteiger partial charge on any atom is -0.231 e. The van der Waals surface area contributed by atoms with Crippen LogP contribution >= 0.6 is 0 Å². The minimum atomic E-state index is 0.637. The fraction of sp³-hybridized carbons (Fsp3) is 0. The van der Waals surface area contributed by atoms with Crippen molar-refractivity contribution in [1.29, 1.82) is 0 Å². The molecule has 0 spiro atoms. The van der Waals surface area contributed by atoms with Gasteiger partial charge in [-0.15, -0.1) is 0 Å². The topological polar surface area (TPSA) is 56.0 Å². The van der Waals surface area contributed by atoms with Gasteiger partial charge < -0.3 is 0 Å². The highest BCUT2D eigenvalue weighted by Gasteiger charge is 2.21. The fourth-order valence-electron chi connectivity index (χ4n) is 7.35. The lowest BCUT2D eigenvalue weighted by molar-refractivity contribution is 0.979. The molecule has 0 saturated heterocycles. The molecule has 0 saturated carbocycles. The van der Waals surface area contributed by atoms with Crippen LogP contribution in [0.1, 0.15) is 0 Å². The summed E-state index contributed by atoms with van der Waals surface area (Å²) in [7, 11) is 0. The second kappa shape index (κ2) is 13.8. The molecule has 0 aliphatic rings. The van der Waals surface area contributed by atoms with E-state index in [4.69, 9.17) is 20.1 Å². The van der Waals surface area contributed by atoms with Gasteiger partial charge in [0.05, 0.1) is 11.2 Å². The summed E-state index contributed by atoms with van der Waals surface area (Å²) in [6.07, 6.45) is 0. The van der Waals surface area contributed by atoms with Crippen molar-refractivity contribution >= 4 is 16.3 Å². The Kier molecular flexibility index (Phi) is 8.08. The summed E-state index contributed by atoms with van der Waals surface area (Å²) in [4.78, 5) is 14.7. The molecule has 5 nitrogen and oxygen atoms in total. The molecule has 0 amide bonds. The molecule has 10 rings (SSSR count). The first-order valence-corrected chi connectivity index (χ1v) is 18.4. The molecule has 0 N–H and O–H groups in total. The SMILES string of the molecule is c1ccc(-c2nc(-c3ccccc3)nc(-c3ccc(-c4ccc(-c5c(-c6ccccc6)nn6c(-c7ccccc7)cc7ccccc7c56)cc4)cc3)n2)cc1. The van der Waals surface area contributed by atoms with Crippen LogP contribution < -0.4 is 0 Å². The van der Waals surface area contributed by atoms with E-state index in [1.807, 2.05) is 60.7 Å². The van der Waals surface area contributed by atoms with E-state index in [-0.39, 0.29) is 0 Å². The zero-order valence-electron chi connectivity index (χ0n) is 29.8. The van der Waals surface area contributed by atoms with E-state index in [9.17, 15) is 0 Å². The number of rotatable bonds is 7. The van der Waals surface area contributed by atoms with Gasteiger partial charge in [-0.1, -0.05) is 194 Å². The number of nitrogens with zero attached hydrogens (tertiary/aromatic N) is 5. The highest BCUT2D eigenvalue weighted by Crippen LogP contribution is 2.41. The summed E-state index contributed by atoms with van der Waals surface area (Å²) in [6, 6.07) is 69.3. The maximum absolute atomic E-state index is 5.36. The molecule has 0 aliphatic heterocycles. The molecule has 0 fully saturated rings. The quantitative estimate of drug-likeness (QED) is 0.166. The number of hydrogen-bond acceptors (Lipinski definition) is 4. The van der Waals surface area contributed by atoms with Crippen LogP contribution in [0.2, 0.25) is 0 Å². The van der Waals surface area contributed by atoms with Crippen molar-refractivity contribution in [3.63, 3.8) is 0 Å². The Labute approximate surface area is 318 Å². The van der Waals surface area contributed by atoms with Crippen LogP contribution in [0.5, 0.6) is 0 Å². The lowest BCUT2D eigenvalue weighted by atomic mass is 9.95. The number of pyridine rings is 1. The Bertz CT molecular complexity index is 2870. The molecule has 10 aromatic rings. The second-order valence-electron chi connectivity index (χ2n) is 13.5. The highest BCUT2D eigenvalue weighted by molar-refractivity contribution is 6.08. The molecular weight excluding hydrogens is 671 g/mol. The molecule has 258 valence electrons. The maximum Gasteiger partial charge on any atom is 0.164 e. The Balaban J connectivity index is 1.06. The Morgan fingerprint density at radius 3 is 1.25 bits per heavy atom. The third kappa shape index (κ3) is 6.04. The van der Waals surface area contributed by atoms with Gasteiger partial charge >= 0.3 is 0 Å². The normalized spacial score (nSPS) is 11.3. The second-order valence-corrected chi connectivity index (χ2v) is 13.5. The van der Waals surface area contributed by atoms with Gasteiger partial charge in [-0.25, -0.2) is 19.5 Å². The van der Waals surface area contributed by atoms with Crippen molar-refractivity contribution in [1.82, 2.24) is 24.6 Å². The van der Waals surface area contributed by atoms with E-state index < -0.39 is 0 Å². The van der Waals surface area contributed by atoms with Crippen molar-refractivity contribution in [3.8, 4) is 78.9 Å². The average Bonchev–Trinajstić information content (AvgIpc) is 3.68. The molecule has 0 bridgehead atoms. The number of fused-ring (bicyclic) bond motifs is 3. The van der Waals surface area contributed by atoms with Crippen molar-refractivity contribution in [2.24, 2.45) is 0 Å². The standard InChI is InChI=1S/C50H33N5/c1-5-15-36(16-6-1)44-33-42-23-13-14-24-43(42)47-45(46(54-55(44)47)38-17-7-2-8-18-38)37-29-25-34(26-30-37)35-27-31-41(32-28-35)50-52-48(39-19-9-3-10-20-39)51-49(53-50)40-21-11-4-12-22-40/h1-33H. The van der Waals surface area contributed by atoms with E-state index in [0.29, 0.717) is 17.5 Å². The third-order valence-corrected chi connectivity index (χ3v) is 10.1. The Morgan fingerprint density at radius 1 is 0.327 bits per heavy atom. The minimum absolute atomic E-state index is 0.637. The number of aromatic nitrogens is 5. The predicted octanol–water partition coefficient (Wildman–Crippen LogP) is 12.3. The summed E-state index contributed by atoms with van der Waals surface area (Å²) in [5, 5.41) is 7.70. The molecule has 0 aliphatic carbocycles. The van der Waals surface area contributed by atoms with Crippen LogP contribution in [-0.4, -0.2) is 24.6 Å². The van der Waals surface area contributed by atoms with Crippen LogP contribution in [0.4, 0.5) is 0 Å². The van der Waals surface area contributed by atoms with Gasteiger partial charge in [0, 0.05) is 38.8 Å². The van der Waals surface area contributed by atoms with Gasteiger partial charge in [-0.05, 0) is 28.1 Å². The van der Waals surface area contributed by atoms with Crippen LogP contribution in [0.25, 0.3) is 95.2 Å². The number of hydrogen-bond donors (Lipinski definition) is 0. The Hall–Kier alpha value is -7.50. The zero-order chi connectivity index (χ0) is 36.6. The summed E-state index contributed by atoms with van der Waals surface area (Å²) >= 11 is 0. The van der Waals surface area contributed by atoms with Crippen LogP contribution in [0.3, 0.4) is 0 Å². The van der Waals surface area contributed by atoms with Crippen molar-refractivity contribution in [2.75, 3.05) is 0 Å². The smallest absolute Gasteiger partial charge is 0.164 e. The highest BCUT2D eigenvalue weighted by atomic mass is 15.2. The van der Waals surface area contributed by atoms with Crippen molar-refractivity contribution in [2.45, 2.75) is 0 Å². The third-order valence-electron chi connectivity index (χ3n) is 10.1. The first-order valence-electron chi connectivity index (χ1n) is 18.4. The predicted molar refractivity (Wildman–Crippen MR) is 224 cm³/mol. The van der Waals surface area contributed by atoms with E-state index >= 15 is 0 Å². The van der Waals surface area contributed by atoms with Crippen molar-refractivity contribution < 1.29 is 0 Å². The molecule has 0 radical (unpaired) electrons. The summed E-state index contributed by atoms with van der Waals surface area (Å²) < 4.78 is 2.13. The molecule has 0 unspecified atom stereocenters. The Morgan fingerprint density at radius 2 is 0.727 bits per heavy atom. The average molecular weight is 704 g/mol. The van der Waals surface area contributed by atoms with Crippen LogP contribution in [0.15, 0.2) is 200 Å². The van der Waals surface area contributed by atoms with Gasteiger partial charge in [0.1, 0.15) is 5.69 Å². The monoisotopic (exact) mass is 703 g/mol. The molecule has 7 aromatic carbocycles. The van der Waals surface area contributed by atoms with Gasteiger partial charge in [0.25, 0.3) is 0 Å². The van der Waals surface area contributed by atoms with Crippen LogP contribution in [-0.2, 0) is 0 Å². The lowest BCUT2D eigenvalue weighted by Gasteiger charge is -2.11. The lowest BCUT2D eigenvalue weighted by Crippen LogP contribution is -2.00. The van der Waals surface area contributed by atoms with E-state index in [0.717, 1.165) is 72.4 Å². The van der Waals surface area contributed by atoms with E-state index in [1.165, 1.54) is 5.39 Å². The molecular formula is C50H33N5. The first kappa shape index (κ1) is 32.2. The van der Waals surface area contributed by atoms with Gasteiger partial charge in [0.15, 0.2) is 17.5 Å². The largest absolute Gasteiger partial charge is 0.231 e. The summed E-state index contributed by atoms with van der Waals surface area (Å²) in [5.41, 5.74) is 12.6. The summed E-state index contributed by atoms with van der Waals surface area (Å²) in [6.45, 7) is 0. The van der Waals surface area contributed by atoms with Crippen LogP contribution in [0, 0.1) is 0 Å². The molecule has 55 heavy (non-hydrogen) atoms. The fourth-order valence-corrected chi connectivity index (χ4v) is 7.35. The van der Waals surface area contributed by atoms with E-state index in [2.05, 4.69) is 144 Å². The van der Waals surface area contributed by atoms with Crippen molar-refractivity contribution in [3.05, 3.63) is 200 Å². The number of benzene rings is 7. The zero-order valence-corrected chi connectivity index (χ0v) is 29.8. The molecule has 3 heterocycles.